The smallest absolute Gasteiger partial charge is 0.335 e. The van der Waals surface area contributed by atoms with Gasteiger partial charge in [-0.2, -0.15) is 0 Å². The number of hydrogen-bond donors (Lipinski definition) is 2. The number of hydrogen-bond acceptors (Lipinski definition) is 3. The number of carbonyl (C=O) groups is 2. The summed E-state index contributed by atoms with van der Waals surface area (Å²) in [5.41, 5.74) is 0.474. The molecule has 4 nitrogen and oxygen atoms in total. The molecule has 0 saturated heterocycles. The molecular weight excluding hydrogens is 274 g/mol. The minimum absolute atomic E-state index is 0.0454. The largest absolute Gasteiger partial charge is 0.478 e. The van der Waals surface area contributed by atoms with Gasteiger partial charge in [0.2, 0.25) is 0 Å². The van der Waals surface area contributed by atoms with Crippen LogP contribution in [-0.2, 0) is 0 Å². The van der Waals surface area contributed by atoms with Crippen molar-refractivity contribution in [1.82, 2.24) is 5.32 Å². The second kappa shape index (κ2) is 6.34. The van der Waals surface area contributed by atoms with Crippen molar-refractivity contribution in [3.8, 4) is 0 Å². The first kappa shape index (κ1) is 14.3. The van der Waals surface area contributed by atoms with Gasteiger partial charge in [-0.05, 0) is 36.1 Å². The predicted molar refractivity (Wildman–Crippen MR) is 78.2 cm³/mol. The van der Waals surface area contributed by atoms with Crippen molar-refractivity contribution in [3.05, 3.63) is 57.8 Å². The number of carbonyl (C=O) groups excluding carboxylic acids is 1. The van der Waals surface area contributed by atoms with Crippen LogP contribution in [0.1, 0.15) is 45.0 Å². The molecule has 0 radical (unpaired) electrons. The molecule has 2 N–H and O–H groups in total. The summed E-state index contributed by atoms with van der Waals surface area (Å²) in [4.78, 5) is 24.2. The molecule has 0 fully saturated rings. The molecule has 2 aromatic rings. The Kier molecular flexibility index (Phi) is 4.53. The van der Waals surface area contributed by atoms with Gasteiger partial charge in [-0.3, -0.25) is 4.79 Å². The maximum Gasteiger partial charge on any atom is 0.335 e. The van der Waals surface area contributed by atoms with Gasteiger partial charge in [0.15, 0.2) is 0 Å². The topological polar surface area (TPSA) is 66.4 Å². The molecular formula is C15H15NO3S. The van der Waals surface area contributed by atoms with Crippen LogP contribution in [0, 0.1) is 0 Å². The number of thiophene rings is 1. The second-order valence-electron chi connectivity index (χ2n) is 4.34. The van der Waals surface area contributed by atoms with Gasteiger partial charge in [0.25, 0.3) is 5.91 Å². The van der Waals surface area contributed by atoms with Crippen molar-refractivity contribution < 1.29 is 14.7 Å². The third-order valence-corrected chi connectivity index (χ3v) is 3.96. The lowest BCUT2D eigenvalue weighted by Gasteiger charge is -2.15. The molecule has 1 unspecified atom stereocenters. The Morgan fingerprint density at radius 1 is 1.25 bits per heavy atom. The summed E-state index contributed by atoms with van der Waals surface area (Å²) in [6, 6.07) is 9.92. The predicted octanol–water partition coefficient (Wildman–Crippen LogP) is 3.33. The van der Waals surface area contributed by atoms with E-state index in [9.17, 15) is 9.59 Å². The highest BCUT2D eigenvalue weighted by Crippen LogP contribution is 2.22. The first-order chi connectivity index (χ1) is 9.61. The Morgan fingerprint density at radius 2 is 2.00 bits per heavy atom. The molecule has 20 heavy (non-hydrogen) atoms. The number of nitrogens with one attached hydrogen (secondary N) is 1. The van der Waals surface area contributed by atoms with E-state index in [2.05, 4.69) is 5.32 Å². The van der Waals surface area contributed by atoms with Crippen molar-refractivity contribution in [1.29, 1.82) is 0 Å². The molecule has 1 aromatic carbocycles. The Balaban J connectivity index is 2.15. The van der Waals surface area contributed by atoms with Gasteiger partial charge >= 0.3 is 5.97 Å². The number of aromatic carboxylic acids is 1. The van der Waals surface area contributed by atoms with Gasteiger partial charge in [-0.15, -0.1) is 11.3 Å². The summed E-state index contributed by atoms with van der Waals surface area (Å²) in [6.45, 7) is 2.00. The van der Waals surface area contributed by atoms with Crippen LogP contribution in [0.3, 0.4) is 0 Å². The Labute approximate surface area is 121 Å². The van der Waals surface area contributed by atoms with Crippen LogP contribution in [0.4, 0.5) is 0 Å². The van der Waals surface area contributed by atoms with Crippen molar-refractivity contribution >= 4 is 23.2 Å². The number of benzene rings is 1. The summed E-state index contributed by atoms with van der Waals surface area (Å²) in [5.74, 6) is -1.29. The van der Waals surface area contributed by atoms with E-state index >= 15 is 0 Å². The minimum atomic E-state index is -1.04. The van der Waals surface area contributed by atoms with Crippen LogP contribution >= 0.6 is 11.3 Å². The Morgan fingerprint density at radius 3 is 2.60 bits per heavy atom. The van der Waals surface area contributed by atoms with E-state index in [0.717, 1.165) is 11.3 Å². The molecule has 1 amide bonds. The van der Waals surface area contributed by atoms with Crippen molar-refractivity contribution in [2.45, 2.75) is 19.4 Å². The highest BCUT2D eigenvalue weighted by atomic mass is 32.1. The number of rotatable bonds is 5. The molecule has 2 rings (SSSR count). The molecule has 5 heteroatoms. The monoisotopic (exact) mass is 289 g/mol. The zero-order valence-corrected chi connectivity index (χ0v) is 11.8. The molecule has 1 atom stereocenters. The Hall–Kier alpha value is -2.14. The van der Waals surface area contributed by atoms with Crippen LogP contribution in [-0.4, -0.2) is 17.0 Å². The van der Waals surface area contributed by atoms with E-state index in [1.165, 1.54) is 12.1 Å². The van der Waals surface area contributed by atoms with Crippen LogP contribution in [0.5, 0.6) is 0 Å². The van der Waals surface area contributed by atoms with Gasteiger partial charge in [0.1, 0.15) is 0 Å². The molecule has 0 aliphatic heterocycles. The SMILES string of the molecule is CCC(NC(=O)c1cccc(C(=O)O)c1)c1cccs1. The summed E-state index contributed by atoms with van der Waals surface area (Å²) < 4.78 is 0. The van der Waals surface area contributed by atoms with Gasteiger partial charge in [0, 0.05) is 10.4 Å². The van der Waals surface area contributed by atoms with E-state index in [1.54, 1.807) is 23.5 Å². The third-order valence-electron chi connectivity index (χ3n) is 2.97. The van der Waals surface area contributed by atoms with Gasteiger partial charge in [-0.25, -0.2) is 4.79 Å². The molecule has 1 aromatic heterocycles. The number of carboxylic acid groups (broad SMARTS) is 1. The van der Waals surface area contributed by atoms with Gasteiger partial charge < -0.3 is 10.4 Å². The van der Waals surface area contributed by atoms with Crippen LogP contribution < -0.4 is 5.32 Å². The number of amides is 1. The standard InChI is InChI=1S/C15H15NO3S/c1-2-12(13-7-4-8-20-13)16-14(17)10-5-3-6-11(9-10)15(18)19/h3-9,12H,2H2,1H3,(H,16,17)(H,18,19). The average Bonchev–Trinajstić information content (AvgIpc) is 2.98. The third kappa shape index (κ3) is 3.24. The molecule has 0 saturated carbocycles. The minimum Gasteiger partial charge on any atom is -0.478 e. The van der Waals surface area contributed by atoms with E-state index in [1.807, 2.05) is 24.4 Å². The summed E-state index contributed by atoms with van der Waals surface area (Å²) in [6.07, 6.45) is 0.783. The van der Waals surface area contributed by atoms with Crippen molar-refractivity contribution in [2.75, 3.05) is 0 Å². The van der Waals surface area contributed by atoms with E-state index in [0.29, 0.717) is 5.56 Å². The van der Waals surface area contributed by atoms with Crippen LogP contribution in [0.2, 0.25) is 0 Å². The summed E-state index contributed by atoms with van der Waals surface area (Å²) in [7, 11) is 0. The lowest BCUT2D eigenvalue weighted by atomic mass is 10.1. The summed E-state index contributed by atoms with van der Waals surface area (Å²) in [5, 5.41) is 13.8. The fourth-order valence-electron chi connectivity index (χ4n) is 1.90. The summed E-state index contributed by atoms with van der Waals surface area (Å²) >= 11 is 1.59. The zero-order valence-electron chi connectivity index (χ0n) is 11.0. The molecule has 0 aliphatic rings. The van der Waals surface area contributed by atoms with Crippen molar-refractivity contribution in [2.24, 2.45) is 0 Å². The molecule has 0 aliphatic carbocycles. The second-order valence-corrected chi connectivity index (χ2v) is 5.31. The zero-order chi connectivity index (χ0) is 14.5. The van der Waals surface area contributed by atoms with E-state index in [-0.39, 0.29) is 17.5 Å². The lowest BCUT2D eigenvalue weighted by molar-refractivity contribution is 0.0697. The molecule has 104 valence electrons. The molecule has 1 heterocycles. The van der Waals surface area contributed by atoms with Crippen LogP contribution in [0.25, 0.3) is 0 Å². The van der Waals surface area contributed by atoms with E-state index in [4.69, 9.17) is 5.11 Å². The van der Waals surface area contributed by atoms with Gasteiger partial charge in [0.05, 0.1) is 11.6 Å². The normalized spacial score (nSPS) is 11.8. The first-order valence-electron chi connectivity index (χ1n) is 6.29. The molecule has 0 bridgehead atoms. The molecule has 0 spiro atoms. The highest BCUT2D eigenvalue weighted by molar-refractivity contribution is 7.10. The quantitative estimate of drug-likeness (QED) is 0.887. The maximum atomic E-state index is 12.2. The average molecular weight is 289 g/mol. The van der Waals surface area contributed by atoms with E-state index < -0.39 is 5.97 Å². The first-order valence-corrected chi connectivity index (χ1v) is 7.17. The van der Waals surface area contributed by atoms with Crippen LogP contribution in [0.15, 0.2) is 41.8 Å². The fraction of sp³-hybridized carbons (Fsp3) is 0.200. The maximum absolute atomic E-state index is 12.2. The van der Waals surface area contributed by atoms with Gasteiger partial charge in [-0.1, -0.05) is 19.1 Å². The fourth-order valence-corrected chi connectivity index (χ4v) is 2.76. The Bertz CT molecular complexity index is 607. The number of carboxylic acids is 1. The highest BCUT2D eigenvalue weighted by Gasteiger charge is 2.15. The lowest BCUT2D eigenvalue weighted by Crippen LogP contribution is -2.27. The van der Waals surface area contributed by atoms with Crippen molar-refractivity contribution in [3.63, 3.8) is 0 Å².